The molecule has 1 aliphatic heterocycles. The van der Waals surface area contributed by atoms with Crippen molar-refractivity contribution in [3.05, 3.63) is 39.7 Å². The molecule has 0 atom stereocenters. The monoisotopic (exact) mass is 315 g/mol. The Kier molecular flexibility index (Phi) is 4.52. The van der Waals surface area contributed by atoms with Crippen molar-refractivity contribution in [2.75, 3.05) is 18.5 Å². The van der Waals surface area contributed by atoms with Crippen LogP contribution in [0, 0.1) is 0 Å². The molecule has 0 fully saturated rings. The molecule has 0 aromatic heterocycles. The summed E-state index contributed by atoms with van der Waals surface area (Å²) in [5, 5.41) is 3.57. The van der Waals surface area contributed by atoms with E-state index in [4.69, 9.17) is 32.7 Å². The minimum atomic E-state index is -0.711. The van der Waals surface area contributed by atoms with E-state index in [9.17, 15) is 9.59 Å². The van der Waals surface area contributed by atoms with Crippen LogP contribution in [0.15, 0.2) is 29.7 Å². The lowest BCUT2D eigenvalue weighted by atomic mass is 10.2. The second-order valence-electron chi connectivity index (χ2n) is 3.89. The van der Waals surface area contributed by atoms with Gasteiger partial charge in [0.15, 0.2) is 12.2 Å². The number of ether oxygens (including phenoxy) is 2. The molecule has 5 nitrogen and oxygen atoms in total. The standard InChI is InChI=1S/C13H11Cl2NO4/c1-2-19-13(18)11-10(17)6-20-12(11)16-7-3-4-8(14)9(15)5-7/h3-5,16H,2,6H2,1H3. The SMILES string of the molecule is CCOC(=O)C1=C(Nc2ccc(Cl)c(Cl)c2)OCC1=O. The molecule has 2 rings (SSSR count). The number of hydrogen-bond acceptors (Lipinski definition) is 5. The molecule has 7 heteroatoms. The Bertz CT molecular complexity index is 598. The van der Waals surface area contributed by atoms with E-state index in [0.717, 1.165) is 0 Å². The van der Waals surface area contributed by atoms with Crippen molar-refractivity contribution >= 4 is 40.6 Å². The van der Waals surface area contributed by atoms with Gasteiger partial charge in [0.1, 0.15) is 0 Å². The second kappa shape index (κ2) is 6.15. The van der Waals surface area contributed by atoms with Crippen LogP contribution in [0.3, 0.4) is 0 Å². The topological polar surface area (TPSA) is 64.6 Å². The first-order valence-corrected chi connectivity index (χ1v) is 6.58. The molecule has 0 spiro atoms. The summed E-state index contributed by atoms with van der Waals surface area (Å²) in [6, 6.07) is 4.80. The van der Waals surface area contributed by atoms with Gasteiger partial charge in [-0.2, -0.15) is 0 Å². The highest BCUT2D eigenvalue weighted by atomic mass is 35.5. The maximum atomic E-state index is 11.7. The summed E-state index contributed by atoms with van der Waals surface area (Å²) in [5.41, 5.74) is 0.420. The predicted molar refractivity (Wildman–Crippen MR) is 74.7 cm³/mol. The largest absolute Gasteiger partial charge is 0.470 e. The summed E-state index contributed by atoms with van der Waals surface area (Å²) in [4.78, 5) is 23.4. The third-order valence-corrected chi connectivity index (χ3v) is 3.25. The summed E-state index contributed by atoms with van der Waals surface area (Å²) in [7, 11) is 0. The fourth-order valence-electron chi connectivity index (χ4n) is 1.62. The average Bonchev–Trinajstić information content (AvgIpc) is 2.75. The van der Waals surface area contributed by atoms with E-state index in [1.165, 1.54) is 0 Å². The van der Waals surface area contributed by atoms with Crippen molar-refractivity contribution in [3.63, 3.8) is 0 Å². The molecule has 0 saturated heterocycles. The molecule has 0 saturated carbocycles. The van der Waals surface area contributed by atoms with E-state index in [1.807, 2.05) is 0 Å². The van der Waals surface area contributed by atoms with E-state index in [2.05, 4.69) is 5.32 Å². The van der Waals surface area contributed by atoms with E-state index in [1.54, 1.807) is 25.1 Å². The predicted octanol–water partition coefficient (Wildman–Crippen LogP) is 2.78. The first-order chi connectivity index (χ1) is 9.52. The van der Waals surface area contributed by atoms with Crippen molar-refractivity contribution in [2.24, 2.45) is 0 Å². The molecule has 0 bridgehead atoms. The Labute approximate surface area is 125 Å². The molecule has 1 heterocycles. The lowest BCUT2D eigenvalue weighted by Crippen LogP contribution is -2.16. The van der Waals surface area contributed by atoms with Gasteiger partial charge in [-0.15, -0.1) is 0 Å². The number of ketones is 1. The number of Topliss-reactive ketones (excluding diaryl/α,β-unsaturated/α-hetero) is 1. The maximum absolute atomic E-state index is 11.7. The summed E-state index contributed by atoms with van der Waals surface area (Å²) in [6.07, 6.45) is 0. The molecule has 0 unspecified atom stereocenters. The fraction of sp³-hybridized carbons (Fsp3) is 0.231. The highest BCUT2D eigenvalue weighted by molar-refractivity contribution is 6.42. The highest BCUT2D eigenvalue weighted by Crippen LogP contribution is 2.27. The molecule has 1 aromatic rings. The number of anilines is 1. The molecular weight excluding hydrogens is 305 g/mol. The Balaban J connectivity index is 2.27. The van der Waals surface area contributed by atoms with Gasteiger partial charge in [-0.3, -0.25) is 4.79 Å². The van der Waals surface area contributed by atoms with Crippen LogP contribution in [-0.2, 0) is 19.1 Å². The molecule has 1 aliphatic rings. The Morgan fingerprint density at radius 1 is 1.40 bits per heavy atom. The van der Waals surface area contributed by atoms with Gasteiger partial charge in [0.05, 0.1) is 16.7 Å². The van der Waals surface area contributed by atoms with Gasteiger partial charge >= 0.3 is 5.97 Å². The molecule has 106 valence electrons. The fourth-order valence-corrected chi connectivity index (χ4v) is 1.92. The van der Waals surface area contributed by atoms with Gasteiger partial charge in [0.25, 0.3) is 0 Å². The first kappa shape index (κ1) is 14.7. The number of rotatable bonds is 4. The molecule has 0 amide bonds. The number of carbonyl (C=O) groups is 2. The van der Waals surface area contributed by atoms with Gasteiger partial charge in [0, 0.05) is 5.69 Å². The second-order valence-corrected chi connectivity index (χ2v) is 4.70. The van der Waals surface area contributed by atoms with Gasteiger partial charge in [-0.1, -0.05) is 23.2 Å². The van der Waals surface area contributed by atoms with E-state index < -0.39 is 11.8 Å². The van der Waals surface area contributed by atoms with Crippen molar-refractivity contribution in [1.82, 2.24) is 0 Å². The molecule has 1 aromatic carbocycles. The average molecular weight is 316 g/mol. The lowest BCUT2D eigenvalue weighted by Gasteiger charge is -2.09. The number of carbonyl (C=O) groups excluding carboxylic acids is 2. The number of benzene rings is 1. The van der Waals surface area contributed by atoms with Gasteiger partial charge in [-0.05, 0) is 25.1 Å². The highest BCUT2D eigenvalue weighted by Gasteiger charge is 2.32. The minimum Gasteiger partial charge on any atom is -0.470 e. The zero-order valence-corrected chi connectivity index (χ0v) is 12.0. The normalized spacial score (nSPS) is 14.2. The lowest BCUT2D eigenvalue weighted by molar-refractivity contribution is -0.139. The van der Waals surface area contributed by atoms with Crippen molar-refractivity contribution < 1.29 is 19.1 Å². The third kappa shape index (κ3) is 3.05. The number of hydrogen-bond donors (Lipinski definition) is 1. The molecule has 1 N–H and O–H groups in total. The molecule has 20 heavy (non-hydrogen) atoms. The van der Waals surface area contributed by atoms with Crippen molar-refractivity contribution in [3.8, 4) is 0 Å². The first-order valence-electron chi connectivity index (χ1n) is 5.82. The van der Waals surface area contributed by atoms with E-state index >= 15 is 0 Å². The van der Waals surface area contributed by atoms with Crippen LogP contribution in [0.4, 0.5) is 5.69 Å². The Morgan fingerprint density at radius 3 is 2.80 bits per heavy atom. The van der Waals surface area contributed by atoms with E-state index in [0.29, 0.717) is 15.7 Å². The van der Waals surface area contributed by atoms with Crippen LogP contribution in [-0.4, -0.2) is 25.0 Å². The van der Waals surface area contributed by atoms with Crippen molar-refractivity contribution in [1.29, 1.82) is 0 Å². The van der Waals surface area contributed by atoms with Crippen LogP contribution in [0.2, 0.25) is 10.0 Å². The van der Waals surface area contributed by atoms with E-state index in [-0.39, 0.29) is 24.7 Å². The molecule has 0 aliphatic carbocycles. The number of halogens is 2. The van der Waals surface area contributed by atoms with Crippen LogP contribution < -0.4 is 5.32 Å². The molecular formula is C13H11Cl2NO4. The Morgan fingerprint density at radius 2 is 2.15 bits per heavy atom. The summed E-state index contributed by atoms with van der Waals surface area (Å²) < 4.78 is 9.98. The smallest absolute Gasteiger partial charge is 0.347 e. The zero-order chi connectivity index (χ0) is 14.7. The zero-order valence-electron chi connectivity index (χ0n) is 10.5. The summed E-state index contributed by atoms with van der Waals surface area (Å²) >= 11 is 11.7. The van der Waals surface area contributed by atoms with Crippen LogP contribution in [0.25, 0.3) is 0 Å². The summed E-state index contributed by atoms with van der Waals surface area (Å²) in [6.45, 7) is 1.64. The van der Waals surface area contributed by atoms with Gasteiger partial charge < -0.3 is 14.8 Å². The quantitative estimate of drug-likeness (QED) is 0.683. The van der Waals surface area contributed by atoms with Gasteiger partial charge in [-0.25, -0.2) is 4.79 Å². The number of nitrogens with one attached hydrogen (secondary N) is 1. The number of esters is 1. The minimum absolute atomic E-state index is 0.0619. The Hall–Kier alpha value is -1.72. The molecule has 0 radical (unpaired) electrons. The van der Waals surface area contributed by atoms with Crippen LogP contribution >= 0.6 is 23.2 Å². The van der Waals surface area contributed by atoms with Gasteiger partial charge in [0.2, 0.25) is 11.7 Å². The third-order valence-electron chi connectivity index (χ3n) is 2.51. The van der Waals surface area contributed by atoms with Crippen LogP contribution in [0.5, 0.6) is 0 Å². The van der Waals surface area contributed by atoms with Crippen LogP contribution in [0.1, 0.15) is 6.92 Å². The summed E-state index contributed by atoms with van der Waals surface area (Å²) in [5.74, 6) is -1.07. The maximum Gasteiger partial charge on any atom is 0.347 e. The van der Waals surface area contributed by atoms with Crippen molar-refractivity contribution in [2.45, 2.75) is 6.92 Å².